The Morgan fingerprint density at radius 3 is 2.31 bits per heavy atom. The molecule has 1 aliphatic rings. The van der Waals surface area contributed by atoms with E-state index < -0.39 is 0 Å². The molecule has 0 aromatic heterocycles. The predicted molar refractivity (Wildman–Crippen MR) is 140 cm³/mol. The number of amides is 1. The van der Waals surface area contributed by atoms with Gasteiger partial charge in [0.05, 0.1) is 12.7 Å². The summed E-state index contributed by atoms with van der Waals surface area (Å²) in [5.41, 5.74) is 7.82. The second-order valence-corrected chi connectivity index (χ2v) is 10.2. The van der Waals surface area contributed by atoms with Crippen LogP contribution in [0.25, 0.3) is 0 Å². The highest BCUT2D eigenvalue weighted by Gasteiger charge is 2.32. The molecule has 35 heavy (non-hydrogen) atoms. The van der Waals surface area contributed by atoms with E-state index in [-0.39, 0.29) is 17.9 Å². The van der Waals surface area contributed by atoms with Crippen molar-refractivity contribution in [2.45, 2.75) is 51.1 Å². The average molecular weight is 489 g/mol. The van der Waals surface area contributed by atoms with Crippen LogP contribution >= 0.6 is 11.9 Å². The number of hydrogen-bond donors (Lipinski definition) is 1. The molecular formula is C29H32N2O3S. The number of esters is 1. The van der Waals surface area contributed by atoms with Crippen molar-refractivity contribution in [3.8, 4) is 0 Å². The van der Waals surface area contributed by atoms with Crippen molar-refractivity contribution in [1.82, 2.24) is 9.62 Å². The summed E-state index contributed by atoms with van der Waals surface area (Å²) in [6.45, 7) is 7.66. The second kappa shape index (κ2) is 11.1. The molecule has 0 saturated heterocycles. The molecule has 0 bridgehead atoms. The number of carbonyl (C=O) groups excluding carboxylic acids is 2. The fraction of sp³-hybridized carbons (Fsp3) is 0.310. The van der Waals surface area contributed by atoms with Crippen molar-refractivity contribution in [2.75, 3.05) is 13.7 Å². The lowest BCUT2D eigenvalue weighted by Crippen LogP contribution is -2.47. The molecule has 1 heterocycles. The molecular weight excluding hydrogens is 456 g/mol. The van der Waals surface area contributed by atoms with Crippen molar-refractivity contribution >= 4 is 23.8 Å². The maximum Gasteiger partial charge on any atom is 0.337 e. The van der Waals surface area contributed by atoms with Crippen LogP contribution in [0.4, 0.5) is 0 Å². The van der Waals surface area contributed by atoms with E-state index in [2.05, 4.69) is 60.7 Å². The van der Waals surface area contributed by atoms with Gasteiger partial charge in [-0.1, -0.05) is 54.1 Å². The largest absolute Gasteiger partial charge is 0.465 e. The van der Waals surface area contributed by atoms with Crippen molar-refractivity contribution in [1.29, 1.82) is 0 Å². The Hall–Kier alpha value is -3.09. The van der Waals surface area contributed by atoms with Crippen LogP contribution in [0.5, 0.6) is 0 Å². The van der Waals surface area contributed by atoms with E-state index in [4.69, 9.17) is 4.74 Å². The van der Waals surface area contributed by atoms with Gasteiger partial charge in [0.25, 0.3) is 0 Å². The van der Waals surface area contributed by atoms with E-state index in [1.807, 2.05) is 18.2 Å². The smallest absolute Gasteiger partial charge is 0.337 e. The van der Waals surface area contributed by atoms with Gasteiger partial charge in [-0.05, 0) is 85.5 Å². The summed E-state index contributed by atoms with van der Waals surface area (Å²) in [5.74, 6) is -0.306. The number of rotatable bonds is 7. The topological polar surface area (TPSA) is 58.6 Å². The highest BCUT2D eigenvalue weighted by molar-refractivity contribution is 7.97. The first-order valence-corrected chi connectivity index (χ1v) is 12.7. The lowest BCUT2D eigenvalue weighted by Gasteiger charge is -2.35. The van der Waals surface area contributed by atoms with Crippen LogP contribution in [0.15, 0.2) is 65.6 Å². The van der Waals surface area contributed by atoms with Gasteiger partial charge in [0.15, 0.2) is 0 Å². The summed E-state index contributed by atoms with van der Waals surface area (Å²) in [7, 11) is 1.37. The molecule has 1 aliphatic heterocycles. The predicted octanol–water partition coefficient (Wildman–Crippen LogP) is 5.19. The zero-order chi connectivity index (χ0) is 24.9. The highest BCUT2D eigenvalue weighted by atomic mass is 32.2. The zero-order valence-corrected chi connectivity index (χ0v) is 21.6. The van der Waals surface area contributed by atoms with E-state index in [1.54, 1.807) is 24.1 Å². The number of aryl methyl sites for hydroxylation is 3. The Balaban J connectivity index is 1.46. The molecule has 3 aromatic rings. The number of nitrogens with zero attached hydrogens (tertiary/aromatic N) is 1. The first-order chi connectivity index (χ1) is 16.9. The molecule has 0 radical (unpaired) electrons. The van der Waals surface area contributed by atoms with Gasteiger partial charge in [0.2, 0.25) is 5.91 Å². The van der Waals surface area contributed by atoms with Crippen LogP contribution < -0.4 is 5.32 Å². The van der Waals surface area contributed by atoms with Crippen LogP contribution in [0.2, 0.25) is 0 Å². The van der Waals surface area contributed by atoms with Crippen LogP contribution in [0, 0.1) is 20.8 Å². The normalized spacial score (nSPS) is 15.4. The number of methoxy groups -OCH3 is 1. The maximum atomic E-state index is 13.4. The monoisotopic (exact) mass is 488 g/mol. The van der Waals surface area contributed by atoms with Crippen molar-refractivity contribution in [2.24, 2.45) is 0 Å². The fourth-order valence-electron chi connectivity index (χ4n) is 4.62. The van der Waals surface area contributed by atoms with E-state index in [0.29, 0.717) is 24.9 Å². The van der Waals surface area contributed by atoms with Gasteiger partial charge in [0.1, 0.15) is 6.04 Å². The maximum absolute atomic E-state index is 13.4. The standard InChI is InChI=1S/C29H32N2O3S/c1-19-15-20(2)27(21(3)16-19)35-31-18-25-8-6-5-7-24(25)17-26(31)28(32)30-14-13-22-9-11-23(12-10-22)29(33)34-4/h5-12,15-16,26H,13-14,17-18H2,1-4H3,(H,30,32). The lowest BCUT2D eigenvalue weighted by molar-refractivity contribution is -0.125. The molecule has 0 spiro atoms. The Bertz CT molecular complexity index is 1200. The third-order valence-corrected chi connectivity index (χ3v) is 7.85. The van der Waals surface area contributed by atoms with Gasteiger partial charge in [-0.25, -0.2) is 9.10 Å². The molecule has 0 saturated carbocycles. The zero-order valence-electron chi connectivity index (χ0n) is 20.8. The Kier molecular flexibility index (Phi) is 7.93. The molecule has 6 heteroatoms. The van der Waals surface area contributed by atoms with Crippen molar-refractivity contribution in [3.05, 3.63) is 99.6 Å². The van der Waals surface area contributed by atoms with Crippen LogP contribution in [0.3, 0.4) is 0 Å². The molecule has 4 rings (SSSR count). The van der Waals surface area contributed by atoms with Crippen LogP contribution in [-0.2, 0) is 28.9 Å². The third kappa shape index (κ3) is 5.95. The molecule has 1 amide bonds. The number of nitrogens with one attached hydrogen (secondary N) is 1. The summed E-state index contributed by atoms with van der Waals surface area (Å²) in [4.78, 5) is 26.2. The van der Waals surface area contributed by atoms with Gasteiger partial charge in [-0.2, -0.15) is 0 Å². The molecule has 1 N–H and O–H groups in total. The summed E-state index contributed by atoms with van der Waals surface area (Å²) in [6, 6.07) is 19.9. The minimum absolute atomic E-state index is 0.0422. The average Bonchev–Trinajstić information content (AvgIpc) is 2.85. The quantitative estimate of drug-likeness (QED) is 0.366. The van der Waals surface area contributed by atoms with E-state index >= 15 is 0 Å². The highest BCUT2D eigenvalue weighted by Crippen LogP contribution is 2.36. The van der Waals surface area contributed by atoms with E-state index in [1.165, 1.54) is 39.8 Å². The molecule has 182 valence electrons. The Labute approximate surface area is 212 Å². The summed E-state index contributed by atoms with van der Waals surface area (Å²) >= 11 is 1.69. The van der Waals surface area contributed by atoms with Crippen LogP contribution in [-0.4, -0.2) is 35.9 Å². The number of carbonyl (C=O) groups is 2. The Morgan fingerprint density at radius 1 is 1.00 bits per heavy atom. The molecule has 5 nitrogen and oxygen atoms in total. The third-order valence-electron chi connectivity index (χ3n) is 6.41. The first-order valence-electron chi connectivity index (χ1n) is 11.9. The second-order valence-electron chi connectivity index (χ2n) is 9.11. The minimum Gasteiger partial charge on any atom is -0.465 e. The number of ether oxygens (including phenoxy) is 1. The molecule has 1 unspecified atom stereocenters. The van der Waals surface area contributed by atoms with Gasteiger partial charge >= 0.3 is 5.97 Å². The van der Waals surface area contributed by atoms with Gasteiger partial charge < -0.3 is 10.1 Å². The van der Waals surface area contributed by atoms with E-state index in [0.717, 1.165) is 12.1 Å². The summed E-state index contributed by atoms with van der Waals surface area (Å²) in [6.07, 6.45) is 1.38. The number of hydrogen-bond acceptors (Lipinski definition) is 5. The van der Waals surface area contributed by atoms with Crippen molar-refractivity contribution in [3.63, 3.8) is 0 Å². The Morgan fingerprint density at radius 2 is 1.66 bits per heavy atom. The van der Waals surface area contributed by atoms with Gasteiger partial charge in [0, 0.05) is 18.0 Å². The number of benzene rings is 3. The summed E-state index contributed by atoms with van der Waals surface area (Å²) in [5, 5.41) is 3.15. The van der Waals surface area contributed by atoms with Crippen molar-refractivity contribution < 1.29 is 14.3 Å². The molecule has 0 aliphatic carbocycles. The number of fused-ring (bicyclic) bond motifs is 1. The van der Waals surface area contributed by atoms with Crippen LogP contribution in [0.1, 0.15) is 43.7 Å². The van der Waals surface area contributed by atoms with Gasteiger partial charge in [-0.15, -0.1) is 0 Å². The lowest BCUT2D eigenvalue weighted by atomic mass is 9.95. The molecule has 3 aromatic carbocycles. The molecule has 1 atom stereocenters. The minimum atomic E-state index is -0.348. The summed E-state index contributed by atoms with van der Waals surface area (Å²) < 4.78 is 6.98. The van der Waals surface area contributed by atoms with E-state index in [9.17, 15) is 9.59 Å². The first kappa shape index (κ1) is 25.0. The molecule has 0 fully saturated rings. The fourth-order valence-corrected chi connectivity index (χ4v) is 5.76. The van der Waals surface area contributed by atoms with Gasteiger partial charge in [-0.3, -0.25) is 4.79 Å². The SMILES string of the molecule is COC(=O)c1ccc(CCNC(=O)C2Cc3ccccc3CN2Sc2c(C)cc(C)cc2C)cc1.